The number of halogens is 2. The Hall–Kier alpha value is -4.21. The van der Waals surface area contributed by atoms with Crippen molar-refractivity contribution in [2.45, 2.75) is 13.3 Å². The molecule has 1 heterocycles. The molecule has 3 amide bonds. The number of nitrogens with one attached hydrogen (secondary N) is 3. The molecule has 0 radical (unpaired) electrons. The van der Waals surface area contributed by atoms with E-state index in [0.29, 0.717) is 50.1 Å². The number of carbonyl (C=O) groups is 3. The molecule has 202 valence electrons. The Kier molecular flexibility index (Phi) is 8.63. The van der Waals surface area contributed by atoms with E-state index < -0.39 is 17.7 Å². The number of anilines is 1. The molecule has 0 saturated heterocycles. The van der Waals surface area contributed by atoms with E-state index in [4.69, 9.17) is 32.7 Å². The minimum absolute atomic E-state index is 0.0955. The van der Waals surface area contributed by atoms with E-state index in [-0.39, 0.29) is 12.2 Å². The number of ether oxygens (including phenoxy) is 2. The summed E-state index contributed by atoms with van der Waals surface area (Å²) >= 11 is 12.3. The number of carbonyl (C=O) groups excluding carboxylic acids is 3. The first kappa shape index (κ1) is 27.8. The summed E-state index contributed by atoms with van der Waals surface area (Å²) in [7, 11) is 3.09. The van der Waals surface area contributed by atoms with Crippen LogP contribution in [0.2, 0.25) is 10.0 Å². The smallest absolute Gasteiger partial charge is 0.328 e. The van der Waals surface area contributed by atoms with Crippen LogP contribution < -0.4 is 25.5 Å². The van der Waals surface area contributed by atoms with E-state index in [2.05, 4.69) is 16.1 Å². The Morgan fingerprint density at radius 3 is 2.41 bits per heavy atom. The zero-order valence-corrected chi connectivity index (χ0v) is 22.9. The van der Waals surface area contributed by atoms with Crippen LogP contribution in [0.15, 0.2) is 60.7 Å². The standard InChI is InChI=1S/C28H26Cl2N4O5/c1-16-20(30)5-4-6-21(16)32-26(35)23-15-18-14-19(29)8-9-22(18)34(23)33-28(37)27(36)31-12-11-17-7-10-24(38-2)25(13-17)39-3/h4-10,13-15H,11-12H2,1-3H3,(H,31,36)(H,32,35)(H,33,37). The maximum atomic E-state index is 13.3. The van der Waals surface area contributed by atoms with Crippen LogP contribution in [-0.4, -0.2) is 43.2 Å². The molecule has 0 aliphatic heterocycles. The van der Waals surface area contributed by atoms with Crippen molar-refractivity contribution in [3.63, 3.8) is 0 Å². The summed E-state index contributed by atoms with van der Waals surface area (Å²) in [5, 5.41) is 6.96. The van der Waals surface area contributed by atoms with Gasteiger partial charge < -0.3 is 20.1 Å². The van der Waals surface area contributed by atoms with Crippen LogP contribution in [0.25, 0.3) is 10.9 Å². The zero-order valence-electron chi connectivity index (χ0n) is 21.4. The SMILES string of the molecule is COc1ccc(CCNC(=O)C(=O)Nn2c(C(=O)Nc3cccc(Cl)c3C)cc3cc(Cl)ccc32)cc1OC. The molecule has 1 aromatic heterocycles. The average molecular weight is 569 g/mol. The average Bonchev–Trinajstić information content (AvgIpc) is 3.28. The second-order valence-corrected chi connectivity index (χ2v) is 9.41. The van der Waals surface area contributed by atoms with E-state index in [1.54, 1.807) is 68.6 Å². The number of rotatable bonds is 8. The zero-order chi connectivity index (χ0) is 28.1. The number of amides is 3. The highest BCUT2D eigenvalue weighted by Crippen LogP contribution is 2.28. The molecular formula is C28H26Cl2N4O5. The van der Waals surface area contributed by atoms with Crippen molar-refractivity contribution < 1.29 is 23.9 Å². The monoisotopic (exact) mass is 568 g/mol. The minimum Gasteiger partial charge on any atom is -0.493 e. The topological polar surface area (TPSA) is 111 Å². The number of hydrogen-bond acceptors (Lipinski definition) is 5. The highest BCUT2D eigenvalue weighted by Gasteiger charge is 2.21. The fraction of sp³-hybridized carbons (Fsp3) is 0.179. The van der Waals surface area contributed by atoms with E-state index in [0.717, 1.165) is 5.56 Å². The maximum absolute atomic E-state index is 13.3. The summed E-state index contributed by atoms with van der Waals surface area (Å²) in [6, 6.07) is 17.1. The lowest BCUT2D eigenvalue weighted by Gasteiger charge is -2.14. The highest BCUT2D eigenvalue weighted by atomic mass is 35.5. The lowest BCUT2D eigenvalue weighted by molar-refractivity contribution is -0.136. The van der Waals surface area contributed by atoms with Gasteiger partial charge >= 0.3 is 11.8 Å². The van der Waals surface area contributed by atoms with Gasteiger partial charge in [-0.3, -0.25) is 19.8 Å². The van der Waals surface area contributed by atoms with Crippen LogP contribution in [-0.2, 0) is 16.0 Å². The first-order valence-electron chi connectivity index (χ1n) is 11.9. The van der Waals surface area contributed by atoms with Gasteiger partial charge in [-0.05, 0) is 73.0 Å². The molecule has 0 unspecified atom stereocenters. The number of fused-ring (bicyclic) bond motifs is 1. The molecule has 0 atom stereocenters. The maximum Gasteiger partial charge on any atom is 0.328 e. The van der Waals surface area contributed by atoms with E-state index in [9.17, 15) is 14.4 Å². The van der Waals surface area contributed by atoms with Gasteiger partial charge in [0.05, 0.1) is 19.7 Å². The predicted molar refractivity (Wildman–Crippen MR) is 152 cm³/mol. The van der Waals surface area contributed by atoms with Crippen molar-refractivity contribution in [2.75, 3.05) is 31.5 Å². The van der Waals surface area contributed by atoms with Gasteiger partial charge in [0.2, 0.25) is 0 Å². The van der Waals surface area contributed by atoms with Crippen LogP contribution >= 0.6 is 23.2 Å². The largest absolute Gasteiger partial charge is 0.493 e. The molecule has 0 saturated carbocycles. The van der Waals surface area contributed by atoms with Crippen LogP contribution in [0, 0.1) is 6.92 Å². The number of benzene rings is 3. The summed E-state index contributed by atoms with van der Waals surface area (Å²) in [4.78, 5) is 38.7. The fourth-order valence-electron chi connectivity index (χ4n) is 3.99. The van der Waals surface area contributed by atoms with E-state index >= 15 is 0 Å². The molecule has 0 bridgehead atoms. The third-order valence-corrected chi connectivity index (χ3v) is 6.72. The summed E-state index contributed by atoms with van der Waals surface area (Å²) in [5.74, 6) is -1.15. The van der Waals surface area contributed by atoms with Crippen molar-refractivity contribution in [3.05, 3.63) is 87.5 Å². The quantitative estimate of drug-likeness (QED) is 0.260. The fourth-order valence-corrected chi connectivity index (χ4v) is 4.35. The van der Waals surface area contributed by atoms with Gasteiger partial charge in [0, 0.05) is 27.7 Å². The van der Waals surface area contributed by atoms with Gasteiger partial charge in [-0.2, -0.15) is 0 Å². The van der Waals surface area contributed by atoms with Gasteiger partial charge in [-0.25, -0.2) is 4.68 Å². The molecule has 11 heteroatoms. The predicted octanol–water partition coefficient (Wildman–Crippen LogP) is 4.96. The number of aromatic nitrogens is 1. The first-order chi connectivity index (χ1) is 18.7. The lowest BCUT2D eigenvalue weighted by Crippen LogP contribution is -2.40. The van der Waals surface area contributed by atoms with Gasteiger partial charge in [0.25, 0.3) is 5.91 Å². The van der Waals surface area contributed by atoms with E-state index in [1.165, 1.54) is 11.8 Å². The number of hydrogen-bond donors (Lipinski definition) is 3. The van der Waals surface area contributed by atoms with Crippen molar-refractivity contribution in [2.24, 2.45) is 0 Å². The first-order valence-corrected chi connectivity index (χ1v) is 12.6. The summed E-state index contributed by atoms with van der Waals surface area (Å²) < 4.78 is 11.8. The number of methoxy groups -OCH3 is 2. The third-order valence-electron chi connectivity index (χ3n) is 6.08. The Balaban J connectivity index is 1.49. The van der Waals surface area contributed by atoms with Gasteiger partial charge in [-0.1, -0.05) is 35.3 Å². The van der Waals surface area contributed by atoms with Crippen LogP contribution in [0.3, 0.4) is 0 Å². The molecular weight excluding hydrogens is 543 g/mol. The molecule has 3 N–H and O–H groups in total. The van der Waals surface area contributed by atoms with Gasteiger partial charge in [0.1, 0.15) is 5.69 Å². The Morgan fingerprint density at radius 1 is 0.897 bits per heavy atom. The molecule has 0 aliphatic rings. The molecule has 0 spiro atoms. The summed E-state index contributed by atoms with van der Waals surface area (Å²) in [6.07, 6.45) is 0.455. The molecule has 39 heavy (non-hydrogen) atoms. The number of nitrogens with zero attached hydrogens (tertiary/aromatic N) is 1. The van der Waals surface area contributed by atoms with E-state index in [1.807, 2.05) is 6.07 Å². The van der Waals surface area contributed by atoms with Crippen molar-refractivity contribution in [1.82, 2.24) is 9.99 Å². The molecule has 4 aromatic rings. The summed E-state index contributed by atoms with van der Waals surface area (Å²) in [6.45, 7) is 1.98. The summed E-state index contributed by atoms with van der Waals surface area (Å²) in [5.41, 5.74) is 5.20. The second-order valence-electron chi connectivity index (χ2n) is 8.57. The highest BCUT2D eigenvalue weighted by molar-refractivity contribution is 6.38. The van der Waals surface area contributed by atoms with Crippen LogP contribution in [0.4, 0.5) is 5.69 Å². The minimum atomic E-state index is -0.942. The van der Waals surface area contributed by atoms with Crippen molar-refractivity contribution in [1.29, 1.82) is 0 Å². The molecule has 0 fully saturated rings. The third kappa shape index (κ3) is 6.27. The van der Waals surface area contributed by atoms with Gasteiger partial charge in [0.15, 0.2) is 11.5 Å². The molecule has 4 rings (SSSR count). The van der Waals surface area contributed by atoms with Gasteiger partial charge in [-0.15, -0.1) is 0 Å². The normalized spacial score (nSPS) is 10.7. The van der Waals surface area contributed by atoms with Crippen molar-refractivity contribution in [3.8, 4) is 11.5 Å². The molecule has 3 aromatic carbocycles. The Morgan fingerprint density at radius 2 is 1.67 bits per heavy atom. The molecule has 0 aliphatic carbocycles. The Bertz CT molecular complexity index is 1570. The van der Waals surface area contributed by atoms with Crippen LogP contribution in [0.5, 0.6) is 11.5 Å². The van der Waals surface area contributed by atoms with Crippen molar-refractivity contribution >= 4 is 57.5 Å². The molecule has 9 nitrogen and oxygen atoms in total. The second kappa shape index (κ2) is 12.1. The van der Waals surface area contributed by atoms with Crippen LogP contribution in [0.1, 0.15) is 21.6 Å². The Labute approximate surface area is 235 Å². The lowest BCUT2D eigenvalue weighted by atomic mass is 10.1.